The summed E-state index contributed by atoms with van der Waals surface area (Å²) in [6, 6.07) is 17.2. The molecule has 0 radical (unpaired) electrons. The van der Waals surface area contributed by atoms with Crippen LogP contribution in [-0.2, 0) is 22.6 Å². The number of hydrogen-bond donors (Lipinski definition) is 1. The van der Waals surface area contributed by atoms with Gasteiger partial charge in [-0.25, -0.2) is 0 Å². The van der Waals surface area contributed by atoms with E-state index in [2.05, 4.69) is 27.8 Å². The van der Waals surface area contributed by atoms with Crippen molar-refractivity contribution in [2.75, 3.05) is 18.5 Å². The molecule has 3 amide bonds. The maximum absolute atomic E-state index is 13.2. The molecule has 0 aliphatic carbocycles. The van der Waals surface area contributed by atoms with Crippen molar-refractivity contribution in [1.82, 2.24) is 4.90 Å². The molecule has 1 fully saturated rings. The monoisotopic (exact) mass is 634 g/mol. The molecule has 4 rings (SSSR count). The van der Waals surface area contributed by atoms with E-state index in [-0.39, 0.29) is 11.4 Å². The Balaban J connectivity index is 1.55. The number of imide groups is 1. The number of ether oxygens (including phenoxy) is 2. The van der Waals surface area contributed by atoms with Crippen LogP contribution in [0.3, 0.4) is 0 Å². The summed E-state index contributed by atoms with van der Waals surface area (Å²) in [7, 11) is 0. The van der Waals surface area contributed by atoms with Gasteiger partial charge in [-0.3, -0.25) is 19.3 Å². The second-order valence-corrected chi connectivity index (χ2v) is 11.3. The summed E-state index contributed by atoms with van der Waals surface area (Å²) in [6.07, 6.45) is 3.92. The van der Waals surface area contributed by atoms with Crippen LogP contribution >= 0.6 is 27.7 Å². The highest BCUT2D eigenvalue weighted by atomic mass is 79.9. The van der Waals surface area contributed by atoms with Crippen molar-refractivity contribution in [1.29, 1.82) is 0 Å². The molecule has 0 aromatic heterocycles. The molecule has 3 aromatic rings. The number of amides is 3. The molecule has 1 saturated heterocycles. The van der Waals surface area contributed by atoms with E-state index >= 15 is 0 Å². The lowest BCUT2D eigenvalue weighted by molar-refractivity contribution is -0.127. The Bertz CT molecular complexity index is 1500. The van der Waals surface area contributed by atoms with Crippen LogP contribution in [0.5, 0.6) is 11.5 Å². The number of allylic oxidation sites excluding steroid dienone is 1. The number of carbonyl (C=O) groups is 3. The Kier molecular flexibility index (Phi) is 10.1. The molecule has 3 aromatic carbocycles. The fourth-order valence-electron chi connectivity index (χ4n) is 4.36. The molecule has 0 unspecified atom stereocenters. The summed E-state index contributed by atoms with van der Waals surface area (Å²) < 4.78 is 13.1. The van der Waals surface area contributed by atoms with E-state index < -0.39 is 17.1 Å². The van der Waals surface area contributed by atoms with Crippen molar-refractivity contribution in [2.24, 2.45) is 0 Å². The van der Waals surface area contributed by atoms with Gasteiger partial charge in [-0.1, -0.05) is 52.3 Å². The van der Waals surface area contributed by atoms with Crippen molar-refractivity contribution < 1.29 is 23.9 Å². The van der Waals surface area contributed by atoms with E-state index in [1.54, 1.807) is 18.2 Å². The number of halogens is 1. The van der Waals surface area contributed by atoms with E-state index in [0.717, 1.165) is 43.4 Å². The van der Waals surface area contributed by atoms with Crippen LogP contribution in [0.25, 0.3) is 6.08 Å². The highest BCUT2D eigenvalue weighted by Crippen LogP contribution is 2.38. The lowest BCUT2D eigenvalue weighted by atomic mass is 10.0. The molecule has 0 bridgehead atoms. The van der Waals surface area contributed by atoms with Gasteiger partial charge in [0.2, 0.25) is 5.91 Å². The number of thioether (sulfide) groups is 1. The Morgan fingerprint density at radius 3 is 2.44 bits per heavy atom. The number of hydrogen-bond acceptors (Lipinski definition) is 6. The minimum atomic E-state index is -0.518. The van der Waals surface area contributed by atoms with E-state index in [1.165, 1.54) is 0 Å². The Morgan fingerprint density at radius 2 is 1.78 bits per heavy atom. The summed E-state index contributed by atoms with van der Waals surface area (Å²) in [4.78, 5) is 39.8. The lowest BCUT2D eigenvalue weighted by Gasteiger charge is -2.17. The number of aryl methyl sites for hydroxylation is 2. The molecule has 212 valence electrons. The number of benzene rings is 3. The SMILES string of the molecule is C=CCc1cc(/C=C2\SC(=O)N(CC(=O)Nc3c(C)cccc3C)C2=O)cc(OCC)c1OCc1ccc(Br)cc1. The number of nitrogens with zero attached hydrogens (tertiary/aromatic N) is 1. The second-order valence-electron chi connectivity index (χ2n) is 9.43. The van der Waals surface area contributed by atoms with E-state index in [1.807, 2.05) is 69.3 Å². The average Bonchev–Trinajstić information content (AvgIpc) is 3.19. The average molecular weight is 636 g/mol. The number of carbonyl (C=O) groups excluding carboxylic acids is 3. The van der Waals surface area contributed by atoms with Gasteiger partial charge in [-0.15, -0.1) is 6.58 Å². The predicted octanol–water partition coefficient (Wildman–Crippen LogP) is 7.45. The fourth-order valence-corrected chi connectivity index (χ4v) is 5.46. The largest absolute Gasteiger partial charge is 0.490 e. The van der Waals surface area contributed by atoms with Crippen LogP contribution in [0.1, 0.15) is 34.7 Å². The van der Waals surface area contributed by atoms with Crippen LogP contribution in [0, 0.1) is 13.8 Å². The van der Waals surface area contributed by atoms with Gasteiger partial charge in [0.25, 0.3) is 11.1 Å². The molecule has 41 heavy (non-hydrogen) atoms. The first-order valence-electron chi connectivity index (χ1n) is 13.1. The number of anilines is 1. The number of para-hydroxylation sites is 1. The number of nitrogens with one attached hydrogen (secondary N) is 1. The van der Waals surface area contributed by atoms with Crippen molar-refractivity contribution in [3.05, 3.63) is 104 Å². The first-order valence-corrected chi connectivity index (χ1v) is 14.7. The molecular weight excluding hydrogens is 604 g/mol. The molecule has 1 aliphatic rings. The van der Waals surface area contributed by atoms with E-state index in [9.17, 15) is 14.4 Å². The van der Waals surface area contributed by atoms with Crippen LogP contribution in [0.4, 0.5) is 10.5 Å². The zero-order valence-corrected chi connectivity index (χ0v) is 25.6. The molecule has 0 spiro atoms. The number of rotatable bonds is 11. The quantitative estimate of drug-likeness (QED) is 0.174. The van der Waals surface area contributed by atoms with Crippen LogP contribution < -0.4 is 14.8 Å². The second kappa shape index (κ2) is 13.7. The lowest BCUT2D eigenvalue weighted by Crippen LogP contribution is -2.36. The first kappa shape index (κ1) is 30.1. The molecule has 1 heterocycles. The van der Waals surface area contributed by atoms with Gasteiger partial charge in [-0.05, 0) is 91.5 Å². The Hall–Kier alpha value is -3.82. The third-order valence-corrected chi connectivity index (χ3v) is 7.77. The summed E-state index contributed by atoms with van der Waals surface area (Å²) in [5, 5.41) is 2.33. The smallest absolute Gasteiger partial charge is 0.294 e. The van der Waals surface area contributed by atoms with Gasteiger partial charge in [0.1, 0.15) is 13.2 Å². The van der Waals surface area contributed by atoms with Crippen molar-refractivity contribution >= 4 is 56.5 Å². The zero-order valence-electron chi connectivity index (χ0n) is 23.2. The molecule has 1 N–H and O–H groups in total. The van der Waals surface area contributed by atoms with Crippen molar-refractivity contribution in [3.63, 3.8) is 0 Å². The van der Waals surface area contributed by atoms with Gasteiger partial charge in [0.15, 0.2) is 11.5 Å². The Morgan fingerprint density at radius 1 is 1.07 bits per heavy atom. The van der Waals surface area contributed by atoms with Crippen molar-refractivity contribution in [2.45, 2.75) is 33.8 Å². The third kappa shape index (κ3) is 7.48. The standard InChI is InChI=1S/C32H31BrN2O5S/c1-5-8-24-15-23(16-26(39-6-2)30(24)40-19-22-11-13-25(33)14-12-22)17-27-31(37)35(32(38)41-27)18-28(36)34-29-20(3)9-7-10-21(29)4/h5,7,9-17H,1,6,8,18-19H2,2-4H3,(H,34,36)/b27-17-. The normalized spacial score (nSPS) is 14.0. The fraction of sp³-hybridized carbons (Fsp3) is 0.219. The minimum Gasteiger partial charge on any atom is -0.490 e. The molecule has 7 nitrogen and oxygen atoms in total. The Labute approximate surface area is 252 Å². The molecule has 1 aliphatic heterocycles. The third-order valence-electron chi connectivity index (χ3n) is 6.33. The molecular formula is C32H31BrN2O5S. The topological polar surface area (TPSA) is 84.9 Å². The van der Waals surface area contributed by atoms with Gasteiger partial charge < -0.3 is 14.8 Å². The van der Waals surface area contributed by atoms with Crippen molar-refractivity contribution in [3.8, 4) is 11.5 Å². The summed E-state index contributed by atoms with van der Waals surface area (Å²) in [5.41, 5.74) is 4.99. The minimum absolute atomic E-state index is 0.227. The predicted molar refractivity (Wildman–Crippen MR) is 167 cm³/mol. The maximum atomic E-state index is 13.2. The van der Waals surface area contributed by atoms with Crippen LogP contribution in [0.15, 0.2) is 76.6 Å². The summed E-state index contributed by atoms with van der Waals surface area (Å²) >= 11 is 4.25. The van der Waals surface area contributed by atoms with Gasteiger partial charge in [-0.2, -0.15) is 0 Å². The van der Waals surface area contributed by atoms with E-state index in [4.69, 9.17) is 9.47 Å². The van der Waals surface area contributed by atoms with Gasteiger partial charge in [0, 0.05) is 15.7 Å². The summed E-state index contributed by atoms with van der Waals surface area (Å²) in [6.45, 7) is 9.92. The van der Waals surface area contributed by atoms with Gasteiger partial charge in [0.05, 0.1) is 11.5 Å². The highest BCUT2D eigenvalue weighted by Gasteiger charge is 2.36. The van der Waals surface area contributed by atoms with Gasteiger partial charge >= 0.3 is 0 Å². The zero-order chi connectivity index (χ0) is 29.5. The maximum Gasteiger partial charge on any atom is 0.294 e. The van der Waals surface area contributed by atoms with Crippen LogP contribution in [-0.4, -0.2) is 35.1 Å². The summed E-state index contributed by atoms with van der Waals surface area (Å²) in [5.74, 6) is 0.172. The molecule has 9 heteroatoms. The van der Waals surface area contributed by atoms with Crippen LogP contribution in [0.2, 0.25) is 0 Å². The molecule has 0 saturated carbocycles. The first-order chi connectivity index (χ1) is 19.7. The highest BCUT2D eigenvalue weighted by molar-refractivity contribution is 9.10. The van der Waals surface area contributed by atoms with E-state index in [0.29, 0.717) is 42.4 Å². The molecule has 0 atom stereocenters.